The molecule has 0 radical (unpaired) electrons. The number of methoxy groups -OCH3 is 1. The highest BCUT2D eigenvalue weighted by Gasteiger charge is 2.32. The summed E-state index contributed by atoms with van der Waals surface area (Å²) in [5.41, 5.74) is 0. The molecule has 1 fully saturated rings. The SMILES string of the molecule is CCC(CC)N(CCOC)C1CCCCC1C#N. The van der Waals surface area contributed by atoms with Crippen LogP contribution < -0.4 is 0 Å². The highest BCUT2D eigenvalue weighted by molar-refractivity contribution is 4.97. The molecule has 1 aliphatic rings. The molecule has 0 aromatic heterocycles. The van der Waals surface area contributed by atoms with Crippen molar-refractivity contribution in [1.29, 1.82) is 5.26 Å². The quantitative estimate of drug-likeness (QED) is 0.698. The Morgan fingerprint density at radius 3 is 2.50 bits per heavy atom. The summed E-state index contributed by atoms with van der Waals surface area (Å²) in [5, 5.41) is 9.36. The van der Waals surface area contributed by atoms with Gasteiger partial charge in [-0.2, -0.15) is 5.26 Å². The number of hydrogen-bond donors (Lipinski definition) is 0. The molecule has 104 valence electrons. The van der Waals surface area contributed by atoms with Crippen LogP contribution >= 0.6 is 0 Å². The molecule has 18 heavy (non-hydrogen) atoms. The molecule has 0 aliphatic heterocycles. The van der Waals surface area contributed by atoms with Gasteiger partial charge in [0.1, 0.15) is 0 Å². The van der Waals surface area contributed by atoms with Crippen molar-refractivity contribution < 1.29 is 4.74 Å². The van der Waals surface area contributed by atoms with Crippen molar-refractivity contribution in [3.63, 3.8) is 0 Å². The van der Waals surface area contributed by atoms with E-state index in [4.69, 9.17) is 4.74 Å². The fourth-order valence-corrected chi connectivity index (χ4v) is 3.23. The van der Waals surface area contributed by atoms with Gasteiger partial charge in [0, 0.05) is 25.7 Å². The zero-order chi connectivity index (χ0) is 13.4. The lowest BCUT2D eigenvalue weighted by Crippen LogP contribution is -2.49. The minimum Gasteiger partial charge on any atom is -0.383 e. The van der Waals surface area contributed by atoms with Crippen LogP contribution in [0.2, 0.25) is 0 Å². The van der Waals surface area contributed by atoms with Crippen molar-refractivity contribution in [1.82, 2.24) is 4.90 Å². The first kappa shape index (κ1) is 15.5. The largest absolute Gasteiger partial charge is 0.383 e. The van der Waals surface area contributed by atoms with E-state index in [9.17, 15) is 5.26 Å². The Morgan fingerprint density at radius 1 is 1.28 bits per heavy atom. The fourth-order valence-electron chi connectivity index (χ4n) is 3.23. The smallest absolute Gasteiger partial charge is 0.0672 e. The summed E-state index contributed by atoms with van der Waals surface area (Å²) in [6, 6.07) is 3.58. The van der Waals surface area contributed by atoms with Gasteiger partial charge >= 0.3 is 0 Å². The molecule has 0 aromatic carbocycles. The maximum absolute atomic E-state index is 9.36. The molecule has 2 atom stereocenters. The molecule has 0 amide bonds. The summed E-state index contributed by atoms with van der Waals surface area (Å²) < 4.78 is 5.25. The van der Waals surface area contributed by atoms with Gasteiger partial charge in [-0.25, -0.2) is 0 Å². The Bertz CT molecular complexity index is 258. The van der Waals surface area contributed by atoms with E-state index in [1.54, 1.807) is 7.11 Å². The van der Waals surface area contributed by atoms with Crippen LogP contribution in [0, 0.1) is 17.2 Å². The Hall–Kier alpha value is -0.590. The summed E-state index contributed by atoms with van der Waals surface area (Å²) in [6.07, 6.45) is 7.06. The van der Waals surface area contributed by atoms with Gasteiger partial charge in [0.15, 0.2) is 0 Å². The molecule has 1 rings (SSSR count). The first-order chi connectivity index (χ1) is 8.78. The predicted molar refractivity (Wildman–Crippen MR) is 74.3 cm³/mol. The zero-order valence-electron chi connectivity index (χ0n) is 12.2. The van der Waals surface area contributed by atoms with Gasteiger partial charge in [-0.15, -0.1) is 0 Å². The van der Waals surface area contributed by atoms with Crippen LogP contribution in [0.1, 0.15) is 52.4 Å². The second kappa shape index (κ2) is 8.50. The van der Waals surface area contributed by atoms with Gasteiger partial charge < -0.3 is 4.74 Å². The molecule has 3 nitrogen and oxygen atoms in total. The van der Waals surface area contributed by atoms with E-state index in [1.165, 1.54) is 19.3 Å². The maximum atomic E-state index is 9.36. The molecule has 1 saturated carbocycles. The van der Waals surface area contributed by atoms with Gasteiger partial charge in [-0.1, -0.05) is 26.7 Å². The van der Waals surface area contributed by atoms with Gasteiger partial charge in [0.25, 0.3) is 0 Å². The van der Waals surface area contributed by atoms with Crippen molar-refractivity contribution in [3.8, 4) is 6.07 Å². The zero-order valence-corrected chi connectivity index (χ0v) is 12.2. The summed E-state index contributed by atoms with van der Waals surface area (Å²) in [5.74, 6) is 0.219. The fraction of sp³-hybridized carbons (Fsp3) is 0.933. The van der Waals surface area contributed by atoms with Gasteiger partial charge in [-0.05, 0) is 25.7 Å². The lowest BCUT2D eigenvalue weighted by molar-refractivity contribution is 0.0476. The van der Waals surface area contributed by atoms with Crippen LogP contribution in [0.3, 0.4) is 0 Å². The second-order valence-electron chi connectivity index (χ2n) is 5.29. The molecule has 0 aromatic rings. The number of hydrogen-bond acceptors (Lipinski definition) is 3. The van der Waals surface area contributed by atoms with Crippen molar-refractivity contribution in [3.05, 3.63) is 0 Å². The van der Waals surface area contributed by atoms with E-state index < -0.39 is 0 Å². The molecule has 0 spiro atoms. The van der Waals surface area contributed by atoms with Crippen LogP contribution in [0.15, 0.2) is 0 Å². The summed E-state index contributed by atoms with van der Waals surface area (Å²) in [7, 11) is 1.76. The molecule has 0 N–H and O–H groups in total. The maximum Gasteiger partial charge on any atom is 0.0672 e. The third kappa shape index (κ3) is 3.96. The average molecular weight is 252 g/mol. The van der Waals surface area contributed by atoms with Crippen molar-refractivity contribution >= 4 is 0 Å². The van der Waals surface area contributed by atoms with E-state index in [0.717, 1.165) is 32.4 Å². The molecule has 0 heterocycles. The van der Waals surface area contributed by atoms with Crippen LogP contribution in [-0.4, -0.2) is 37.2 Å². The van der Waals surface area contributed by atoms with Crippen LogP contribution in [0.25, 0.3) is 0 Å². The number of ether oxygens (including phenoxy) is 1. The van der Waals surface area contributed by atoms with Gasteiger partial charge in [0.05, 0.1) is 18.6 Å². The highest BCUT2D eigenvalue weighted by Crippen LogP contribution is 2.30. The lowest BCUT2D eigenvalue weighted by Gasteiger charge is -2.41. The van der Waals surface area contributed by atoms with Gasteiger partial charge in [0.2, 0.25) is 0 Å². The van der Waals surface area contributed by atoms with Crippen molar-refractivity contribution in [2.24, 2.45) is 5.92 Å². The van der Waals surface area contributed by atoms with E-state index in [0.29, 0.717) is 12.1 Å². The summed E-state index contributed by atoms with van der Waals surface area (Å²) in [4.78, 5) is 2.55. The molecule has 2 unspecified atom stereocenters. The molecule has 3 heteroatoms. The molecular weight excluding hydrogens is 224 g/mol. The Kier molecular flexibility index (Phi) is 7.31. The van der Waals surface area contributed by atoms with E-state index in [2.05, 4.69) is 24.8 Å². The van der Waals surface area contributed by atoms with E-state index in [1.807, 2.05) is 0 Å². The third-order valence-corrected chi connectivity index (χ3v) is 4.29. The Labute approximate surface area is 112 Å². The lowest BCUT2D eigenvalue weighted by atomic mass is 9.83. The average Bonchev–Trinajstić information content (AvgIpc) is 2.43. The first-order valence-corrected chi connectivity index (χ1v) is 7.42. The third-order valence-electron chi connectivity index (χ3n) is 4.29. The van der Waals surface area contributed by atoms with Gasteiger partial charge in [-0.3, -0.25) is 4.90 Å². The second-order valence-corrected chi connectivity index (χ2v) is 5.29. The van der Waals surface area contributed by atoms with Crippen LogP contribution in [-0.2, 0) is 4.74 Å². The number of rotatable bonds is 7. The molecular formula is C15H28N2O. The molecule has 0 bridgehead atoms. The predicted octanol–water partition coefficient (Wildman–Crippen LogP) is 3.21. The normalized spacial score (nSPS) is 24.4. The number of nitriles is 1. The van der Waals surface area contributed by atoms with E-state index in [-0.39, 0.29) is 5.92 Å². The molecule has 1 aliphatic carbocycles. The summed E-state index contributed by atoms with van der Waals surface area (Å²) in [6.45, 7) is 6.23. The van der Waals surface area contributed by atoms with Crippen LogP contribution in [0.4, 0.5) is 0 Å². The standard InChI is InChI=1S/C15H28N2O/c1-4-14(5-2)17(10-11-18-3)15-9-7-6-8-13(15)12-16/h13-15H,4-11H2,1-3H3. The van der Waals surface area contributed by atoms with Crippen molar-refractivity contribution in [2.75, 3.05) is 20.3 Å². The minimum atomic E-state index is 0.219. The van der Waals surface area contributed by atoms with Crippen LogP contribution in [0.5, 0.6) is 0 Å². The number of nitrogens with zero attached hydrogens (tertiary/aromatic N) is 2. The monoisotopic (exact) mass is 252 g/mol. The Balaban J connectivity index is 2.75. The summed E-state index contributed by atoms with van der Waals surface area (Å²) >= 11 is 0. The van der Waals surface area contributed by atoms with E-state index >= 15 is 0 Å². The topological polar surface area (TPSA) is 36.3 Å². The first-order valence-electron chi connectivity index (χ1n) is 7.42. The Morgan fingerprint density at radius 2 is 1.94 bits per heavy atom. The minimum absolute atomic E-state index is 0.219. The highest BCUT2D eigenvalue weighted by atomic mass is 16.5. The van der Waals surface area contributed by atoms with Crippen molar-refractivity contribution in [2.45, 2.75) is 64.5 Å². The molecule has 0 saturated heterocycles.